The average Bonchev–Trinajstić information content (AvgIpc) is 2.58. The van der Waals surface area contributed by atoms with E-state index in [-0.39, 0.29) is 18.5 Å². The van der Waals surface area contributed by atoms with Crippen molar-refractivity contribution in [3.63, 3.8) is 0 Å². The van der Waals surface area contributed by atoms with Crippen LogP contribution in [-0.4, -0.2) is 55.6 Å². The molecule has 0 saturated carbocycles. The van der Waals surface area contributed by atoms with E-state index >= 15 is 0 Å². The number of urea groups is 1. The quantitative estimate of drug-likeness (QED) is 0.674. The first-order valence-corrected chi connectivity index (χ1v) is 4.74. The minimum absolute atomic E-state index is 0.0197. The number of ether oxygens (including phenoxy) is 2. The molecule has 82 valence electrons. The molecule has 0 aromatic heterocycles. The lowest BCUT2D eigenvalue weighted by Gasteiger charge is -2.25. The van der Waals surface area contributed by atoms with Crippen LogP contribution in [0.15, 0.2) is 0 Å². The molecule has 2 atom stereocenters. The third kappa shape index (κ3) is 1.99. The first-order chi connectivity index (χ1) is 6.61. The molecule has 1 aliphatic heterocycles. The van der Waals surface area contributed by atoms with Crippen molar-refractivity contribution >= 4 is 6.03 Å². The van der Waals surface area contributed by atoms with Gasteiger partial charge in [0.15, 0.2) is 0 Å². The highest BCUT2D eigenvalue weighted by Gasteiger charge is 2.34. The molecule has 2 amide bonds. The van der Waals surface area contributed by atoms with Crippen LogP contribution >= 0.6 is 0 Å². The Morgan fingerprint density at radius 2 is 1.43 bits per heavy atom. The lowest BCUT2D eigenvalue weighted by Crippen LogP contribution is -2.42. The third-order valence-electron chi connectivity index (χ3n) is 2.63. The fourth-order valence-electron chi connectivity index (χ4n) is 1.50. The van der Waals surface area contributed by atoms with Crippen LogP contribution in [0, 0.1) is 0 Å². The summed E-state index contributed by atoms with van der Waals surface area (Å²) in [6.45, 7) is 5.11. The first kappa shape index (κ1) is 11.3. The number of carbonyl (C=O) groups excluding carboxylic acids is 1. The molecule has 0 bridgehead atoms. The Morgan fingerprint density at radius 1 is 1.07 bits per heavy atom. The second kappa shape index (κ2) is 4.61. The molecule has 0 aliphatic carbocycles. The molecular weight excluding hydrogens is 184 g/mol. The van der Waals surface area contributed by atoms with Crippen LogP contribution in [0.4, 0.5) is 4.79 Å². The zero-order chi connectivity index (χ0) is 10.7. The summed E-state index contributed by atoms with van der Waals surface area (Å²) in [5, 5.41) is 0. The van der Waals surface area contributed by atoms with E-state index in [1.165, 1.54) is 0 Å². The van der Waals surface area contributed by atoms with E-state index in [1.807, 2.05) is 13.8 Å². The lowest BCUT2D eigenvalue weighted by molar-refractivity contribution is -0.00273. The van der Waals surface area contributed by atoms with Gasteiger partial charge in [0, 0.05) is 27.3 Å². The number of amides is 2. The summed E-state index contributed by atoms with van der Waals surface area (Å²) in [7, 11) is 3.20. The minimum Gasteiger partial charge on any atom is -0.362 e. The number of carbonyl (C=O) groups is 1. The Kier molecular flexibility index (Phi) is 3.71. The molecule has 0 radical (unpaired) electrons. The summed E-state index contributed by atoms with van der Waals surface area (Å²) in [6.07, 6.45) is -0.340. The topological polar surface area (TPSA) is 42.0 Å². The van der Waals surface area contributed by atoms with Gasteiger partial charge in [-0.05, 0) is 13.8 Å². The van der Waals surface area contributed by atoms with Crippen molar-refractivity contribution in [2.24, 2.45) is 0 Å². The van der Waals surface area contributed by atoms with Crippen molar-refractivity contribution < 1.29 is 14.3 Å². The molecule has 0 spiro atoms. The third-order valence-corrected chi connectivity index (χ3v) is 2.63. The fourth-order valence-corrected chi connectivity index (χ4v) is 1.50. The van der Waals surface area contributed by atoms with Crippen molar-refractivity contribution in [2.45, 2.75) is 26.3 Å². The molecule has 1 rings (SSSR count). The molecule has 5 heteroatoms. The van der Waals surface area contributed by atoms with Gasteiger partial charge in [-0.25, -0.2) is 4.79 Å². The number of hydrogen-bond acceptors (Lipinski definition) is 3. The Balaban J connectivity index is 2.59. The van der Waals surface area contributed by atoms with Crippen LogP contribution in [0.1, 0.15) is 13.8 Å². The summed E-state index contributed by atoms with van der Waals surface area (Å²) in [4.78, 5) is 15.2. The summed E-state index contributed by atoms with van der Waals surface area (Å²) < 4.78 is 10.2. The Hall–Kier alpha value is -0.810. The first-order valence-electron chi connectivity index (χ1n) is 4.74. The zero-order valence-corrected chi connectivity index (χ0v) is 9.19. The number of rotatable bonds is 4. The Labute approximate surface area is 84.6 Å². The van der Waals surface area contributed by atoms with E-state index in [0.717, 1.165) is 0 Å². The average molecular weight is 202 g/mol. The largest absolute Gasteiger partial charge is 0.362 e. The molecular formula is C9H18N2O3. The van der Waals surface area contributed by atoms with Crippen LogP contribution < -0.4 is 0 Å². The van der Waals surface area contributed by atoms with E-state index in [2.05, 4.69) is 0 Å². The molecule has 0 aromatic rings. The predicted octanol–water partition coefficient (Wildman–Crippen LogP) is 0.709. The van der Waals surface area contributed by atoms with Gasteiger partial charge in [-0.1, -0.05) is 0 Å². The minimum atomic E-state index is -0.170. The van der Waals surface area contributed by atoms with Gasteiger partial charge in [0.25, 0.3) is 0 Å². The van der Waals surface area contributed by atoms with Gasteiger partial charge in [-0.15, -0.1) is 0 Å². The van der Waals surface area contributed by atoms with Gasteiger partial charge in [0.05, 0.1) is 0 Å². The van der Waals surface area contributed by atoms with Crippen molar-refractivity contribution in [1.29, 1.82) is 0 Å². The molecule has 5 nitrogen and oxygen atoms in total. The molecule has 1 aliphatic rings. The molecule has 0 N–H and O–H groups in total. The van der Waals surface area contributed by atoms with Gasteiger partial charge in [-0.3, -0.25) is 9.80 Å². The molecule has 14 heavy (non-hydrogen) atoms. The smallest absolute Gasteiger partial charge is 0.324 e. The van der Waals surface area contributed by atoms with Gasteiger partial charge in [0.2, 0.25) is 0 Å². The van der Waals surface area contributed by atoms with E-state index < -0.39 is 0 Å². The van der Waals surface area contributed by atoms with Gasteiger partial charge >= 0.3 is 6.03 Å². The maximum atomic E-state index is 11.8. The summed E-state index contributed by atoms with van der Waals surface area (Å²) in [6, 6.07) is -0.0197. The van der Waals surface area contributed by atoms with Crippen molar-refractivity contribution in [2.75, 3.05) is 27.3 Å². The number of hydrogen-bond donors (Lipinski definition) is 0. The summed E-state index contributed by atoms with van der Waals surface area (Å²) in [5.74, 6) is 0. The molecule has 1 fully saturated rings. The second-order valence-electron chi connectivity index (χ2n) is 3.34. The van der Waals surface area contributed by atoms with Crippen LogP contribution in [0.25, 0.3) is 0 Å². The van der Waals surface area contributed by atoms with Crippen LogP contribution in [0.2, 0.25) is 0 Å². The van der Waals surface area contributed by atoms with E-state index in [4.69, 9.17) is 9.47 Å². The van der Waals surface area contributed by atoms with Crippen LogP contribution in [-0.2, 0) is 9.47 Å². The maximum Gasteiger partial charge on any atom is 0.324 e. The Bertz CT molecular complexity index is 190. The highest BCUT2D eigenvalue weighted by Crippen LogP contribution is 2.15. The van der Waals surface area contributed by atoms with E-state index in [0.29, 0.717) is 13.1 Å². The van der Waals surface area contributed by atoms with E-state index in [1.54, 1.807) is 24.0 Å². The second-order valence-corrected chi connectivity index (χ2v) is 3.34. The van der Waals surface area contributed by atoms with Crippen molar-refractivity contribution in [3.05, 3.63) is 0 Å². The number of methoxy groups -OCH3 is 2. The van der Waals surface area contributed by atoms with E-state index in [9.17, 15) is 4.79 Å². The highest BCUT2D eigenvalue weighted by molar-refractivity contribution is 5.76. The normalized spacial score (nSPS) is 21.6. The zero-order valence-electron chi connectivity index (χ0n) is 9.19. The summed E-state index contributed by atoms with van der Waals surface area (Å²) in [5.41, 5.74) is 0. The summed E-state index contributed by atoms with van der Waals surface area (Å²) >= 11 is 0. The standard InChI is InChI=1S/C9H18N2O3/c1-7(13-3)10-5-6-11(9(10)12)8(2)14-4/h7-8H,5-6H2,1-4H3. The molecule has 2 unspecified atom stereocenters. The van der Waals surface area contributed by atoms with Crippen LogP contribution in [0.3, 0.4) is 0 Å². The number of nitrogens with zero attached hydrogens (tertiary/aromatic N) is 2. The highest BCUT2D eigenvalue weighted by atomic mass is 16.5. The molecule has 0 aromatic carbocycles. The lowest BCUT2D eigenvalue weighted by atomic mass is 10.5. The van der Waals surface area contributed by atoms with Gasteiger partial charge in [0.1, 0.15) is 12.5 Å². The maximum absolute atomic E-state index is 11.8. The van der Waals surface area contributed by atoms with Gasteiger partial charge in [-0.2, -0.15) is 0 Å². The van der Waals surface area contributed by atoms with Gasteiger partial charge < -0.3 is 9.47 Å². The molecule has 1 heterocycles. The van der Waals surface area contributed by atoms with Crippen molar-refractivity contribution in [1.82, 2.24) is 9.80 Å². The van der Waals surface area contributed by atoms with Crippen molar-refractivity contribution in [3.8, 4) is 0 Å². The van der Waals surface area contributed by atoms with Crippen LogP contribution in [0.5, 0.6) is 0 Å². The fraction of sp³-hybridized carbons (Fsp3) is 0.889. The predicted molar refractivity (Wildman–Crippen MR) is 51.8 cm³/mol. The SMILES string of the molecule is COC(C)N1CCN(C(C)OC)C1=O. The molecule has 1 saturated heterocycles. The monoisotopic (exact) mass is 202 g/mol. The Morgan fingerprint density at radius 3 is 1.71 bits per heavy atom.